The van der Waals surface area contributed by atoms with Gasteiger partial charge in [-0.15, -0.1) is 0 Å². The molecule has 0 spiro atoms. The van der Waals surface area contributed by atoms with E-state index in [0.29, 0.717) is 12.1 Å². The summed E-state index contributed by atoms with van der Waals surface area (Å²) in [6, 6.07) is 10.1. The summed E-state index contributed by atoms with van der Waals surface area (Å²) >= 11 is 0. The number of likely N-dealkylation sites (N-methyl/N-ethyl adjacent to an activating group) is 1. The van der Waals surface area contributed by atoms with E-state index in [1.807, 2.05) is 30.1 Å². The van der Waals surface area contributed by atoms with Gasteiger partial charge >= 0.3 is 7.12 Å². The van der Waals surface area contributed by atoms with Crippen LogP contribution in [0, 0.1) is 5.82 Å². The van der Waals surface area contributed by atoms with Gasteiger partial charge in [-0.2, -0.15) is 0 Å². The Hall–Kier alpha value is -1.76. The van der Waals surface area contributed by atoms with Crippen LogP contribution in [0.4, 0.5) is 4.39 Å². The van der Waals surface area contributed by atoms with E-state index in [-0.39, 0.29) is 5.46 Å². The molecule has 2 N–H and O–H groups in total. The average molecular weight is 288 g/mol. The lowest BCUT2D eigenvalue weighted by Gasteiger charge is -2.17. The maximum atomic E-state index is 13.9. The Morgan fingerprint density at radius 3 is 2.67 bits per heavy atom. The van der Waals surface area contributed by atoms with Crippen molar-refractivity contribution in [3.63, 3.8) is 0 Å². The van der Waals surface area contributed by atoms with Crippen molar-refractivity contribution in [2.45, 2.75) is 13.0 Å². The van der Waals surface area contributed by atoms with Crippen molar-refractivity contribution in [2.24, 2.45) is 0 Å². The van der Waals surface area contributed by atoms with Crippen LogP contribution in [-0.2, 0) is 13.0 Å². The summed E-state index contributed by atoms with van der Waals surface area (Å²) in [7, 11) is 0.271. The van der Waals surface area contributed by atoms with Crippen LogP contribution in [0.5, 0.6) is 0 Å². The number of rotatable bonds is 6. The van der Waals surface area contributed by atoms with Gasteiger partial charge in [-0.25, -0.2) is 4.39 Å². The Morgan fingerprint density at radius 1 is 1.24 bits per heavy atom. The van der Waals surface area contributed by atoms with Gasteiger partial charge in [-0.3, -0.25) is 4.98 Å². The van der Waals surface area contributed by atoms with Crippen molar-refractivity contribution in [1.29, 1.82) is 0 Å². The minimum absolute atomic E-state index is 0.160. The quantitative estimate of drug-likeness (QED) is 0.763. The summed E-state index contributed by atoms with van der Waals surface area (Å²) in [4.78, 5) is 6.25. The summed E-state index contributed by atoms with van der Waals surface area (Å²) in [5.41, 5.74) is 1.69. The van der Waals surface area contributed by atoms with E-state index in [0.717, 1.165) is 24.7 Å². The van der Waals surface area contributed by atoms with Crippen molar-refractivity contribution in [3.05, 3.63) is 59.7 Å². The molecule has 0 atom stereocenters. The Kier molecular flexibility index (Phi) is 5.44. The average Bonchev–Trinajstić information content (AvgIpc) is 2.48. The molecule has 0 saturated heterocycles. The first-order valence-corrected chi connectivity index (χ1v) is 6.79. The van der Waals surface area contributed by atoms with Gasteiger partial charge < -0.3 is 14.9 Å². The van der Waals surface area contributed by atoms with E-state index in [1.165, 1.54) is 6.07 Å². The molecule has 21 heavy (non-hydrogen) atoms. The van der Waals surface area contributed by atoms with Crippen molar-refractivity contribution in [3.8, 4) is 0 Å². The van der Waals surface area contributed by atoms with Gasteiger partial charge in [0, 0.05) is 37.0 Å². The molecule has 0 fully saturated rings. The number of hydrogen-bond acceptors (Lipinski definition) is 4. The van der Waals surface area contributed by atoms with Crippen molar-refractivity contribution in [2.75, 3.05) is 13.6 Å². The Labute approximate surface area is 124 Å². The summed E-state index contributed by atoms with van der Waals surface area (Å²) in [6.45, 7) is 1.22. The molecular formula is C15H18BFN2O2. The second kappa shape index (κ2) is 7.31. The van der Waals surface area contributed by atoms with Crippen LogP contribution < -0.4 is 5.46 Å². The minimum atomic E-state index is -1.64. The topological polar surface area (TPSA) is 56.6 Å². The molecule has 1 aromatic heterocycles. The second-order valence-electron chi connectivity index (χ2n) is 5.03. The SMILES string of the molecule is CN(CCc1ccccn1)Cc1ccc(B(O)O)cc1F. The summed E-state index contributed by atoms with van der Waals surface area (Å²) in [5.74, 6) is -0.426. The molecule has 2 aromatic rings. The molecule has 6 heteroatoms. The largest absolute Gasteiger partial charge is 0.488 e. The maximum absolute atomic E-state index is 13.9. The van der Waals surface area contributed by atoms with Crippen LogP contribution in [-0.4, -0.2) is 40.6 Å². The third-order valence-corrected chi connectivity index (χ3v) is 3.29. The van der Waals surface area contributed by atoms with Gasteiger partial charge in [-0.1, -0.05) is 18.2 Å². The van der Waals surface area contributed by atoms with E-state index in [9.17, 15) is 4.39 Å². The van der Waals surface area contributed by atoms with Crippen LogP contribution in [0.3, 0.4) is 0 Å². The third-order valence-electron chi connectivity index (χ3n) is 3.29. The molecule has 0 saturated carbocycles. The van der Waals surface area contributed by atoms with Crippen LogP contribution in [0.2, 0.25) is 0 Å². The highest BCUT2D eigenvalue weighted by molar-refractivity contribution is 6.58. The van der Waals surface area contributed by atoms with Crippen molar-refractivity contribution >= 4 is 12.6 Å². The second-order valence-corrected chi connectivity index (χ2v) is 5.03. The lowest BCUT2D eigenvalue weighted by molar-refractivity contribution is 0.324. The van der Waals surface area contributed by atoms with Crippen LogP contribution in [0.1, 0.15) is 11.3 Å². The van der Waals surface area contributed by atoms with Gasteiger partial charge in [0.25, 0.3) is 0 Å². The highest BCUT2D eigenvalue weighted by atomic mass is 19.1. The number of benzene rings is 1. The monoisotopic (exact) mass is 288 g/mol. The predicted octanol–water partition coefficient (Wildman–Crippen LogP) is 0.575. The molecule has 0 bridgehead atoms. The van der Waals surface area contributed by atoms with Crippen LogP contribution in [0.25, 0.3) is 0 Å². The van der Waals surface area contributed by atoms with E-state index in [2.05, 4.69) is 4.98 Å². The zero-order valence-corrected chi connectivity index (χ0v) is 11.9. The lowest BCUT2D eigenvalue weighted by atomic mass is 9.80. The molecule has 1 aromatic carbocycles. The fraction of sp³-hybridized carbons (Fsp3) is 0.267. The Morgan fingerprint density at radius 2 is 2.05 bits per heavy atom. The van der Waals surface area contributed by atoms with Gasteiger partial charge in [0.05, 0.1) is 0 Å². The third kappa shape index (κ3) is 4.63. The lowest BCUT2D eigenvalue weighted by Crippen LogP contribution is -2.30. The van der Waals surface area contributed by atoms with Crippen molar-refractivity contribution in [1.82, 2.24) is 9.88 Å². The number of halogens is 1. The Balaban J connectivity index is 1.92. The van der Waals surface area contributed by atoms with Crippen LogP contribution in [0.15, 0.2) is 42.6 Å². The zero-order chi connectivity index (χ0) is 15.2. The molecule has 0 amide bonds. The number of nitrogens with zero attached hydrogens (tertiary/aromatic N) is 2. The molecule has 4 nitrogen and oxygen atoms in total. The minimum Gasteiger partial charge on any atom is -0.423 e. The normalized spacial score (nSPS) is 10.9. The first-order valence-electron chi connectivity index (χ1n) is 6.79. The molecule has 0 aliphatic rings. The fourth-order valence-corrected chi connectivity index (χ4v) is 2.07. The predicted molar refractivity (Wildman–Crippen MR) is 80.5 cm³/mol. The smallest absolute Gasteiger partial charge is 0.423 e. The maximum Gasteiger partial charge on any atom is 0.488 e. The summed E-state index contributed by atoms with van der Waals surface area (Å²) in [5, 5.41) is 18.0. The molecule has 0 unspecified atom stereocenters. The Bertz CT molecular complexity index is 581. The molecular weight excluding hydrogens is 270 g/mol. The molecule has 0 aliphatic carbocycles. The summed E-state index contributed by atoms with van der Waals surface area (Å²) < 4.78 is 13.9. The number of aromatic nitrogens is 1. The molecule has 110 valence electrons. The molecule has 1 heterocycles. The van der Waals surface area contributed by atoms with Gasteiger partial charge in [0.1, 0.15) is 5.82 Å². The molecule has 0 radical (unpaired) electrons. The van der Waals surface area contributed by atoms with E-state index in [4.69, 9.17) is 10.0 Å². The first-order chi connectivity index (χ1) is 10.1. The van der Waals surface area contributed by atoms with Gasteiger partial charge in [-0.05, 0) is 30.7 Å². The van der Waals surface area contributed by atoms with Crippen molar-refractivity contribution < 1.29 is 14.4 Å². The van der Waals surface area contributed by atoms with E-state index in [1.54, 1.807) is 12.3 Å². The molecule has 2 rings (SSSR count). The van der Waals surface area contributed by atoms with Crippen LogP contribution >= 0.6 is 0 Å². The number of pyridine rings is 1. The molecule has 0 aliphatic heterocycles. The zero-order valence-electron chi connectivity index (χ0n) is 11.9. The van der Waals surface area contributed by atoms with E-state index >= 15 is 0 Å². The highest BCUT2D eigenvalue weighted by Crippen LogP contribution is 2.09. The van der Waals surface area contributed by atoms with Gasteiger partial charge in [0.2, 0.25) is 0 Å². The van der Waals surface area contributed by atoms with E-state index < -0.39 is 12.9 Å². The summed E-state index contributed by atoms with van der Waals surface area (Å²) in [6.07, 6.45) is 2.56. The van der Waals surface area contributed by atoms with Gasteiger partial charge in [0.15, 0.2) is 0 Å². The highest BCUT2D eigenvalue weighted by Gasteiger charge is 2.14. The fourth-order valence-electron chi connectivity index (χ4n) is 2.07. The standard InChI is InChI=1S/C15H18BFN2O2/c1-19(9-7-14-4-2-3-8-18-14)11-12-5-6-13(16(20)21)10-15(12)17/h2-6,8,10,20-21H,7,9,11H2,1H3. The number of hydrogen-bond donors (Lipinski definition) is 2. The first kappa shape index (κ1) is 15.6.